The number of aryl methyl sites for hydroxylation is 1. The van der Waals surface area contributed by atoms with Gasteiger partial charge in [-0.15, -0.1) is 0 Å². The van der Waals surface area contributed by atoms with Gasteiger partial charge in [-0.05, 0) is 12.1 Å². The molecule has 0 fully saturated rings. The molecular weight excluding hydrogens is 238 g/mol. The van der Waals surface area contributed by atoms with Crippen molar-refractivity contribution < 1.29 is 14.8 Å². The molecule has 92 valence electrons. The average Bonchev–Trinajstić information content (AvgIpc) is 2.74. The molecule has 0 amide bonds. The highest BCUT2D eigenvalue weighted by atomic mass is 16.6. The smallest absolute Gasteiger partial charge is 0.335 e. The second-order valence-corrected chi connectivity index (χ2v) is 3.70. The zero-order valence-electron chi connectivity index (χ0n) is 9.40. The van der Waals surface area contributed by atoms with Crippen molar-refractivity contribution in [3.05, 3.63) is 46.3 Å². The summed E-state index contributed by atoms with van der Waals surface area (Å²) in [5.74, 6) is -1.20. The molecule has 0 bridgehead atoms. The molecular formula is C11H9N3O4. The van der Waals surface area contributed by atoms with Crippen molar-refractivity contribution in [2.45, 2.75) is 0 Å². The first-order valence-electron chi connectivity index (χ1n) is 5.00. The average molecular weight is 247 g/mol. The molecule has 0 aliphatic heterocycles. The second kappa shape index (κ2) is 4.28. The van der Waals surface area contributed by atoms with Crippen LogP contribution in [0.25, 0.3) is 11.1 Å². The van der Waals surface area contributed by atoms with Gasteiger partial charge >= 0.3 is 5.97 Å². The fraction of sp³-hybridized carbons (Fsp3) is 0.0909. The van der Waals surface area contributed by atoms with E-state index in [2.05, 4.69) is 5.10 Å². The van der Waals surface area contributed by atoms with Crippen LogP contribution in [0.5, 0.6) is 0 Å². The fourth-order valence-electron chi connectivity index (χ4n) is 1.62. The number of benzene rings is 1. The second-order valence-electron chi connectivity index (χ2n) is 3.70. The summed E-state index contributed by atoms with van der Waals surface area (Å²) in [6.07, 6.45) is 3.12. The third-order valence-electron chi connectivity index (χ3n) is 2.46. The van der Waals surface area contributed by atoms with Crippen LogP contribution < -0.4 is 0 Å². The summed E-state index contributed by atoms with van der Waals surface area (Å²) in [5.41, 5.74) is 0.552. The van der Waals surface area contributed by atoms with E-state index in [0.717, 1.165) is 6.07 Å². The first-order valence-corrected chi connectivity index (χ1v) is 5.00. The lowest BCUT2D eigenvalue weighted by Gasteiger charge is -2.01. The maximum absolute atomic E-state index is 11.0. The molecule has 1 aromatic carbocycles. The lowest BCUT2D eigenvalue weighted by Crippen LogP contribution is -1.99. The van der Waals surface area contributed by atoms with E-state index in [4.69, 9.17) is 5.11 Å². The Kier molecular flexibility index (Phi) is 2.80. The normalized spacial score (nSPS) is 10.3. The third kappa shape index (κ3) is 2.05. The minimum Gasteiger partial charge on any atom is -0.478 e. The van der Waals surface area contributed by atoms with Gasteiger partial charge in [0.25, 0.3) is 5.69 Å². The van der Waals surface area contributed by atoms with Crippen LogP contribution in [0.2, 0.25) is 0 Å². The van der Waals surface area contributed by atoms with E-state index in [1.807, 2.05) is 0 Å². The van der Waals surface area contributed by atoms with Crippen LogP contribution in [-0.2, 0) is 7.05 Å². The summed E-state index contributed by atoms with van der Waals surface area (Å²) >= 11 is 0. The number of carboxylic acid groups (broad SMARTS) is 1. The lowest BCUT2D eigenvalue weighted by molar-refractivity contribution is -0.384. The first-order chi connectivity index (χ1) is 8.49. The molecule has 1 aromatic heterocycles. The zero-order chi connectivity index (χ0) is 13.3. The highest BCUT2D eigenvalue weighted by molar-refractivity contribution is 5.90. The van der Waals surface area contributed by atoms with Crippen molar-refractivity contribution in [1.29, 1.82) is 0 Å². The van der Waals surface area contributed by atoms with E-state index in [9.17, 15) is 14.9 Å². The number of nitro groups is 1. The van der Waals surface area contributed by atoms with Crippen molar-refractivity contribution in [2.75, 3.05) is 0 Å². The first kappa shape index (κ1) is 11.8. The molecule has 7 heteroatoms. The van der Waals surface area contributed by atoms with Crippen LogP contribution in [0.4, 0.5) is 5.69 Å². The Morgan fingerprint density at radius 2 is 2.22 bits per heavy atom. The van der Waals surface area contributed by atoms with Crippen LogP contribution in [0.3, 0.4) is 0 Å². The van der Waals surface area contributed by atoms with Gasteiger partial charge in [0.15, 0.2) is 0 Å². The topological polar surface area (TPSA) is 98.3 Å². The number of carboxylic acids is 1. The Morgan fingerprint density at radius 3 is 2.72 bits per heavy atom. The summed E-state index contributed by atoms with van der Waals surface area (Å²) in [6, 6.07) is 3.79. The quantitative estimate of drug-likeness (QED) is 0.657. The molecule has 1 N–H and O–H groups in total. The molecule has 0 saturated carbocycles. The molecule has 2 aromatic rings. The minimum absolute atomic E-state index is 0.116. The molecule has 0 unspecified atom stereocenters. The summed E-state index contributed by atoms with van der Waals surface area (Å²) in [5, 5.41) is 23.7. The Bertz CT molecular complexity index is 633. The van der Waals surface area contributed by atoms with Crippen molar-refractivity contribution in [2.24, 2.45) is 7.05 Å². The molecule has 18 heavy (non-hydrogen) atoms. The van der Waals surface area contributed by atoms with E-state index in [1.165, 1.54) is 23.0 Å². The Labute approximate surface area is 101 Å². The molecule has 0 aliphatic carbocycles. The number of nitro benzene ring substituents is 1. The van der Waals surface area contributed by atoms with E-state index in [1.54, 1.807) is 13.2 Å². The Balaban J connectivity index is 2.60. The number of carbonyl (C=O) groups is 1. The van der Waals surface area contributed by atoms with Crippen molar-refractivity contribution in [3.8, 4) is 11.1 Å². The van der Waals surface area contributed by atoms with Crippen LogP contribution >= 0.6 is 0 Å². The number of nitrogens with zero attached hydrogens (tertiary/aromatic N) is 3. The van der Waals surface area contributed by atoms with Gasteiger partial charge in [0, 0.05) is 24.9 Å². The number of hydrogen-bond donors (Lipinski definition) is 1. The lowest BCUT2D eigenvalue weighted by atomic mass is 10.0. The molecule has 0 atom stereocenters. The Morgan fingerprint density at radius 1 is 1.50 bits per heavy atom. The maximum Gasteiger partial charge on any atom is 0.335 e. The zero-order valence-corrected chi connectivity index (χ0v) is 9.40. The summed E-state index contributed by atoms with van der Waals surface area (Å²) in [4.78, 5) is 21.1. The highest BCUT2D eigenvalue weighted by Crippen LogP contribution is 2.30. The molecule has 0 saturated heterocycles. The van der Waals surface area contributed by atoms with Crippen LogP contribution in [0.15, 0.2) is 30.6 Å². The van der Waals surface area contributed by atoms with Gasteiger partial charge in [0.05, 0.1) is 22.2 Å². The minimum atomic E-state index is -1.20. The molecule has 0 spiro atoms. The van der Waals surface area contributed by atoms with Crippen LogP contribution in [-0.4, -0.2) is 25.8 Å². The van der Waals surface area contributed by atoms with Gasteiger partial charge in [-0.1, -0.05) is 0 Å². The number of aromatic carboxylic acids is 1. The van der Waals surface area contributed by atoms with E-state index in [-0.39, 0.29) is 11.3 Å². The fourth-order valence-corrected chi connectivity index (χ4v) is 1.62. The van der Waals surface area contributed by atoms with Crippen molar-refractivity contribution in [1.82, 2.24) is 9.78 Å². The summed E-state index contributed by atoms with van der Waals surface area (Å²) in [7, 11) is 1.70. The van der Waals surface area contributed by atoms with Gasteiger partial charge in [-0.2, -0.15) is 5.10 Å². The number of aromatic nitrogens is 2. The predicted molar refractivity (Wildman–Crippen MR) is 62.3 cm³/mol. The summed E-state index contributed by atoms with van der Waals surface area (Å²) in [6.45, 7) is 0. The van der Waals surface area contributed by atoms with Crippen LogP contribution in [0, 0.1) is 10.1 Å². The molecule has 0 aliphatic rings. The van der Waals surface area contributed by atoms with Crippen molar-refractivity contribution in [3.63, 3.8) is 0 Å². The summed E-state index contributed by atoms with van der Waals surface area (Å²) < 4.78 is 1.52. The molecule has 7 nitrogen and oxygen atoms in total. The SMILES string of the molecule is Cn1cc(-c2ccc(C(=O)O)cc2[N+](=O)[O-])cn1. The standard InChI is InChI=1S/C11H9N3O4/c1-13-6-8(5-12-13)9-3-2-7(11(15)16)4-10(9)14(17)18/h2-6H,1H3,(H,15,16). The molecule has 0 radical (unpaired) electrons. The van der Waals surface area contributed by atoms with Gasteiger partial charge in [0.1, 0.15) is 0 Å². The van der Waals surface area contributed by atoms with Crippen LogP contribution in [0.1, 0.15) is 10.4 Å². The molecule has 2 rings (SSSR count). The van der Waals surface area contributed by atoms with Gasteiger partial charge in [-0.3, -0.25) is 14.8 Å². The Hall–Kier alpha value is -2.70. The maximum atomic E-state index is 11.0. The number of hydrogen-bond acceptors (Lipinski definition) is 4. The third-order valence-corrected chi connectivity index (χ3v) is 2.46. The van der Waals surface area contributed by atoms with E-state index < -0.39 is 10.9 Å². The van der Waals surface area contributed by atoms with Crippen molar-refractivity contribution >= 4 is 11.7 Å². The predicted octanol–water partition coefficient (Wildman–Crippen LogP) is 1.69. The highest BCUT2D eigenvalue weighted by Gasteiger charge is 2.19. The van der Waals surface area contributed by atoms with E-state index in [0.29, 0.717) is 11.1 Å². The van der Waals surface area contributed by atoms with Gasteiger partial charge in [-0.25, -0.2) is 4.79 Å². The number of rotatable bonds is 3. The van der Waals surface area contributed by atoms with E-state index >= 15 is 0 Å². The largest absolute Gasteiger partial charge is 0.478 e. The van der Waals surface area contributed by atoms with Gasteiger partial charge < -0.3 is 5.11 Å². The monoisotopic (exact) mass is 247 g/mol. The van der Waals surface area contributed by atoms with Gasteiger partial charge in [0.2, 0.25) is 0 Å². The molecule has 1 heterocycles.